The third-order valence-corrected chi connectivity index (χ3v) is 4.37. The minimum absolute atomic E-state index is 0.0543. The normalized spacial score (nSPS) is 11.3. The molecule has 8 heteroatoms. The summed E-state index contributed by atoms with van der Waals surface area (Å²) in [5.41, 5.74) is -0.323. The number of carbonyl (C=O) groups is 2. The fourth-order valence-corrected chi connectivity index (χ4v) is 2.89. The smallest absolute Gasteiger partial charge is 0.376 e. The Kier molecular flexibility index (Phi) is 6.07. The number of benzene rings is 2. The van der Waals surface area contributed by atoms with Gasteiger partial charge in [0.05, 0.1) is 18.7 Å². The first-order valence-electron chi connectivity index (χ1n) is 8.97. The zero-order chi connectivity index (χ0) is 21.7. The molecule has 3 aromatic rings. The van der Waals surface area contributed by atoms with Crippen LogP contribution in [0.5, 0.6) is 0 Å². The summed E-state index contributed by atoms with van der Waals surface area (Å²) >= 11 is 0. The zero-order valence-corrected chi connectivity index (χ0v) is 15.8. The van der Waals surface area contributed by atoms with E-state index in [2.05, 4.69) is 0 Å². The summed E-state index contributed by atoms with van der Waals surface area (Å²) in [5, 5.41) is 19.0. The van der Waals surface area contributed by atoms with Gasteiger partial charge >= 0.3 is 11.7 Å². The highest BCUT2D eigenvalue weighted by atomic mass is 16.4. The Hall–Kier alpha value is -4.20. The van der Waals surface area contributed by atoms with Crippen molar-refractivity contribution >= 4 is 17.5 Å². The lowest BCUT2D eigenvalue weighted by Crippen LogP contribution is -2.41. The third-order valence-electron chi connectivity index (χ3n) is 4.37. The van der Waals surface area contributed by atoms with Crippen LogP contribution in [0.1, 0.15) is 16.7 Å². The second-order valence-corrected chi connectivity index (χ2v) is 6.51. The molecule has 0 radical (unpaired) electrons. The SMILES string of the molecule is O=C(O)C(=O)C=C(O)c1cn(Cc2ccccc2)c(=O)n(Cc2ccccc2)c1=O. The van der Waals surface area contributed by atoms with E-state index in [1.54, 1.807) is 54.6 Å². The summed E-state index contributed by atoms with van der Waals surface area (Å²) in [4.78, 5) is 48.1. The van der Waals surface area contributed by atoms with Crippen LogP contribution in [-0.4, -0.2) is 31.1 Å². The van der Waals surface area contributed by atoms with Crippen LogP contribution in [0.15, 0.2) is 82.5 Å². The lowest BCUT2D eigenvalue weighted by Gasteiger charge is -2.13. The summed E-state index contributed by atoms with van der Waals surface area (Å²) in [6.45, 7) is 0.0587. The van der Waals surface area contributed by atoms with Crippen molar-refractivity contribution in [3.8, 4) is 0 Å². The number of carboxylic acids is 1. The van der Waals surface area contributed by atoms with Gasteiger partial charge in [0.15, 0.2) is 0 Å². The number of hydrogen-bond donors (Lipinski definition) is 2. The van der Waals surface area contributed by atoms with Crippen molar-refractivity contribution in [1.29, 1.82) is 0 Å². The number of aromatic nitrogens is 2. The molecule has 3 rings (SSSR count). The Bertz CT molecular complexity index is 1220. The van der Waals surface area contributed by atoms with E-state index in [0.717, 1.165) is 16.3 Å². The van der Waals surface area contributed by atoms with Crippen molar-refractivity contribution in [2.75, 3.05) is 0 Å². The van der Waals surface area contributed by atoms with Crippen LogP contribution in [0.2, 0.25) is 0 Å². The number of aliphatic carboxylic acids is 1. The molecule has 2 aromatic carbocycles. The van der Waals surface area contributed by atoms with Crippen molar-refractivity contribution < 1.29 is 19.8 Å². The molecule has 0 saturated heterocycles. The van der Waals surface area contributed by atoms with Gasteiger partial charge in [-0.05, 0) is 11.1 Å². The highest BCUT2D eigenvalue weighted by Crippen LogP contribution is 2.08. The maximum atomic E-state index is 13.0. The Morgan fingerprint density at radius 2 is 1.37 bits per heavy atom. The van der Waals surface area contributed by atoms with E-state index in [1.807, 2.05) is 6.07 Å². The van der Waals surface area contributed by atoms with Crippen LogP contribution in [0.25, 0.3) is 5.76 Å². The van der Waals surface area contributed by atoms with Gasteiger partial charge in [-0.2, -0.15) is 0 Å². The molecule has 30 heavy (non-hydrogen) atoms. The fraction of sp³-hybridized carbons (Fsp3) is 0.0909. The standard InChI is InChI=1S/C22H18N2O6/c25-18(11-19(26)21(28)29)17-14-23(12-15-7-3-1-4-8-15)22(30)24(20(17)27)13-16-9-5-2-6-10-16/h1-11,14,25H,12-13H2,(H,28,29). The number of aliphatic hydroxyl groups excluding tert-OH is 1. The summed E-state index contributed by atoms with van der Waals surface area (Å²) < 4.78 is 2.16. The molecule has 152 valence electrons. The molecule has 1 aromatic heterocycles. The highest BCUT2D eigenvalue weighted by Gasteiger charge is 2.18. The molecular formula is C22H18N2O6. The molecule has 0 aliphatic rings. The molecule has 0 saturated carbocycles. The Labute approximate surface area is 170 Å². The number of ketones is 1. The number of aliphatic hydroxyl groups is 1. The van der Waals surface area contributed by atoms with Crippen molar-refractivity contribution in [2.24, 2.45) is 0 Å². The number of carboxylic acid groups (broad SMARTS) is 1. The summed E-state index contributed by atoms with van der Waals surface area (Å²) in [7, 11) is 0. The second kappa shape index (κ2) is 8.87. The third kappa shape index (κ3) is 4.61. The van der Waals surface area contributed by atoms with Crippen molar-refractivity contribution in [2.45, 2.75) is 13.1 Å². The Balaban J connectivity index is 2.16. The second-order valence-electron chi connectivity index (χ2n) is 6.51. The summed E-state index contributed by atoms with van der Waals surface area (Å²) in [5.74, 6) is -3.98. The largest absolute Gasteiger partial charge is 0.507 e. The maximum Gasteiger partial charge on any atom is 0.376 e. The maximum absolute atomic E-state index is 13.0. The van der Waals surface area contributed by atoms with Crippen molar-refractivity contribution in [3.05, 3.63) is 110 Å². The molecule has 0 bridgehead atoms. The lowest BCUT2D eigenvalue weighted by atomic mass is 10.2. The topological polar surface area (TPSA) is 119 Å². The van der Waals surface area contributed by atoms with E-state index < -0.39 is 28.8 Å². The fourth-order valence-electron chi connectivity index (χ4n) is 2.89. The molecule has 0 amide bonds. The van der Waals surface area contributed by atoms with Crippen molar-refractivity contribution in [3.63, 3.8) is 0 Å². The average Bonchev–Trinajstić information content (AvgIpc) is 2.74. The van der Waals surface area contributed by atoms with E-state index >= 15 is 0 Å². The van der Waals surface area contributed by atoms with Crippen LogP contribution in [-0.2, 0) is 22.7 Å². The molecule has 0 aliphatic carbocycles. The molecule has 1 heterocycles. The first-order valence-corrected chi connectivity index (χ1v) is 8.97. The molecule has 0 aliphatic heterocycles. The number of carbonyl (C=O) groups excluding carboxylic acids is 1. The van der Waals surface area contributed by atoms with Gasteiger partial charge in [0.2, 0.25) is 0 Å². The monoisotopic (exact) mass is 406 g/mol. The molecule has 0 atom stereocenters. The molecule has 0 unspecified atom stereocenters. The highest BCUT2D eigenvalue weighted by molar-refractivity contribution is 6.38. The van der Waals surface area contributed by atoms with E-state index in [4.69, 9.17) is 5.11 Å². The number of nitrogens with zero attached hydrogens (tertiary/aromatic N) is 2. The van der Waals surface area contributed by atoms with E-state index in [-0.39, 0.29) is 18.7 Å². The van der Waals surface area contributed by atoms with Gasteiger partial charge in [0.25, 0.3) is 11.3 Å². The van der Waals surface area contributed by atoms with E-state index in [9.17, 15) is 24.3 Å². The van der Waals surface area contributed by atoms with Gasteiger partial charge in [-0.25, -0.2) is 9.59 Å². The van der Waals surface area contributed by atoms with Crippen LogP contribution in [0, 0.1) is 0 Å². The Morgan fingerprint density at radius 1 is 0.833 bits per heavy atom. The van der Waals surface area contributed by atoms with Gasteiger partial charge in [0, 0.05) is 12.3 Å². The van der Waals surface area contributed by atoms with Gasteiger partial charge in [-0.3, -0.25) is 18.7 Å². The predicted octanol–water partition coefficient (Wildman–Crippen LogP) is 1.66. The van der Waals surface area contributed by atoms with Gasteiger partial charge < -0.3 is 10.2 Å². The molecule has 0 spiro atoms. The van der Waals surface area contributed by atoms with E-state index in [1.165, 1.54) is 4.57 Å². The van der Waals surface area contributed by atoms with Gasteiger partial charge in [0.1, 0.15) is 5.76 Å². The minimum atomic E-state index is -1.77. The quantitative estimate of drug-likeness (QED) is 0.350. The molecular weight excluding hydrogens is 388 g/mol. The van der Waals surface area contributed by atoms with Crippen LogP contribution >= 0.6 is 0 Å². The summed E-state index contributed by atoms with van der Waals surface area (Å²) in [6.07, 6.45) is 1.57. The molecule has 8 nitrogen and oxygen atoms in total. The van der Waals surface area contributed by atoms with Gasteiger partial charge in [-0.15, -0.1) is 0 Å². The zero-order valence-electron chi connectivity index (χ0n) is 15.8. The number of hydrogen-bond acceptors (Lipinski definition) is 5. The lowest BCUT2D eigenvalue weighted by molar-refractivity contribution is -0.146. The number of rotatable bonds is 7. The van der Waals surface area contributed by atoms with Crippen LogP contribution in [0.4, 0.5) is 0 Å². The minimum Gasteiger partial charge on any atom is -0.507 e. The van der Waals surface area contributed by atoms with E-state index in [0.29, 0.717) is 11.6 Å². The molecule has 2 N–H and O–H groups in total. The van der Waals surface area contributed by atoms with Crippen molar-refractivity contribution in [1.82, 2.24) is 9.13 Å². The van der Waals surface area contributed by atoms with Gasteiger partial charge in [-0.1, -0.05) is 60.7 Å². The predicted molar refractivity (Wildman–Crippen MR) is 109 cm³/mol. The molecule has 0 fully saturated rings. The van der Waals surface area contributed by atoms with Crippen LogP contribution < -0.4 is 11.2 Å². The first-order chi connectivity index (χ1) is 14.4. The average molecular weight is 406 g/mol. The summed E-state index contributed by atoms with van der Waals surface area (Å²) in [6, 6.07) is 17.8. The van der Waals surface area contributed by atoms with Crippen LogP contribution in [0.3, 0.4) is 0 Å². The Morgan fingerprint density at radius 3 is 1.90 bits per heavy atom. The first kappa shape index (κ1) is 20.5.